The Labute approximate surface area is 242 Å². The normalized spacial score (nSPS) is 22.7. The molecule has 3 N–H and O–H groups in total. The quantitative estimate of drug-likeness (QED) is 0.334. The molecule has 1 saturated carbocycles. The van der Waals surface area contributed by atoms with Gasteiger partial charge in [0.1, 0.15) is 6.61 Å². The molecule has 2 aromatic carbocycles. The van der Waals surface area contributed by atoms with E-state index in [-0.39, 0.29) is 24.1 Å². The largest absolute Gasteiger partial charge is 0.505 e. The number of fused-ring (bicyclic) bond motifs is 1. The van der Waals surface area contributed by atoms with E-state index in [0.29, 0.717) is 34.6 Å². The van der Waals surface area contributed by atoms with Crippen LogP contribution in [0, 0.1) is 0 Å². The number of hydroxylamine groups is 1. The maximum absolute atomic E-state index is 14.2. The number of aromatic hydroxyl groups is 1. The van der Waals surface area contributed by atoms with Gasteiger partial charge in [0.2, 0.25) is 10.0 Å². The third-order valence-electron chi connectivity index (χ3n) is 7.39. The van der Waals surface area contributed by atoms with Crippen LogP contribution in [0.25, 0.3) is 0 Å². The van der Waals surface area contributed by atoms with E-state index in [1.165, 1.54) is 12.4 Å². The first-order valence-electron chi connectivity index (χ1n) is 13.2. The Morgan fingerprint density at radius 3 is 2.49 bits per heavy atom. The summed E-state index contributed by atoms with van der Waals surface area (Å²) in [6.07, 6.45) is 6.28. The summed E-state index contributed by atoms with van der Waals surface area (Å²) in [5.74, 6) is -1.53. The van der Waals surface area contributed by atoms with E-state index < -0.39 is 40.0 Å². The summed E-state index contributed by atoms with van der Waals surface area (Å²) in [6, 6.07) is 12.1. The molecule has 216 valence electrons. The number of hydrogen-bond acceptors (Lipinski definition) is 8. The second kappa shape index (κ2) is 12.1. The number of halogens is 1. The molecule has 2 aliphatic rings. The summed E-state index contributed by atoms with van der Waals surface area (Å²) < 4.78 is 27.3. The molecule has 4 atom stereocenters. The number of carbonyl (C=O) groups is 2. The molecule has 0 unspecified atom stereocenters. The van der Waals surface area contributed by atoms with Gasteiger partial charge in [-0.2, -0.15) is 0 Å². The number of amides is 2. The van der Waals surface area contributed by atoms with E-state index in [0.717, 1.165) is 19.1 Å². The Bertz CT molecular complexity index is 1520. The summed E-state index contributed by atoms with van der Waals surface area (Å²) in [4.78, 5) is 43.1. The number of sulfonamides is 1. The summed E-state index contributed by atoms with van der Waals surface area (Å²) in [7, 11) is -3.56. The van der Waals surface area contributed by atoms with Gasteiger partial charge in [0.05, 0.1) is 30.6 Å². The second-order valence-corrected chi connectivity index (χ2v) is 12.5. The SMILES string of the molecule is CS(=O)(=O)N[C@H]1CCCC[C@@H]1N1C(=O)c2ccccc2[C@@H](C(=O)NOCc2ncc(O)cn2)[C@@H]1c1ccc(Cl)cc1. The average molecular weight is 600 g/mol. The standard InChI is InChI=1S/C28H30ClN5O6S/c1-41(38,39)33-22-8-4-5-9-23(22)34-26(17-10-12-18(29)13-11-17)25(20-6-2-3-7-21(20)28(34)37)27(36)32-40-16-24-30-14-19(35)15-31-24/h2-3,6-7,10-15,22-23,25-26,33,35H,4-5,8-9,16H2,1H3,(H,32,36)/t22-,23-,25+,26-/m0/s1. The predicted octanol–water partition coefficient (Wildman–Crippen LogP) is 3.22. The fourth-order valence-electron chi connectivity index (χ4n) is 5.73. The van der Waals surface area contributed by atoms with Crippen LogP contribution in [0.5, 0.6) is 5.75 Å². The van der Waals surface area contributed by atoms with Crippen LogP contribution in [0.3, 0.4) is 0 Å². The third kappa shape index (κ3) is 6.51. The highest BCUT2D eigenvalue weighted by atomic mass is 35.5. The molecule has 1 aromatic heterocycles. The molecule has 0 saturated heterocycles. The van der Waals surface area contributed by atoms with Crippen molar-refractivity contribution in [2.45, 2.75) is 56.3 Å². The summed E-state index contributed by atoms with van der Waals surface area (Å²) >= 11 is 6.19. The lowest BCUT2D eigenvalue weighted by Gasteiger charge is -2.49. The fraction of sp³-hybridized carbons (Fsp3) is 0.357. The molecule has 2 heterocycles. The van der Waals surface area contributed by atoms with Crippen molar-refractivity contribution in [3.8, 4) is 5.75 Å². The van der Waals surface area contributed by atoms with E-state index in [9.17, 15) is 23.1 Å². The predicted molar refractivity (Wildman–Crippen MR) is 150 cm³/mol. The first-order chi connectivity index (χ1) is 19.6. The van der Waals surface area contributed by atoms with E-state index >= 15 is 0 Å². The van der Waals surface area contributed by atoms with Gasteiger partial charge in [0, 0.05) is 22.7 Å². The van der Waals surface area contributed by atoms with E-state index in [1.807, 2.05) is 0 Å². The van der Waals surface area contributed by atoms with Gasteiger partial charge in [-0.25, -0.2) is 28.6 Å². The topological polar surface area (TPSA) is 151 Å². The van der Waals surface area contributed by atoms with Crippen molar-refractivity contribution in [3.63, 3.8) is 0 Å². The number of nitrogens with zero attached hydrogens (tertiary/aromatic N) is 3. The molecule has 1 aliphatic heterocycles. The highest BCUT2D eigenvalue weighted by Gasteiger charge is 2.49. The van der Waals surface area contributed by atoms with Crippen LogP contribution >= 0.6 is 11.6 Å². The van der Waals surface area contributed by atoms with Gasteiger partial charge in [0.25, 0.3) is 11.8 Å². The zero-order valence-electron chi connectivity index (χ0n) is 22.2. The third-order valence-corrected chi connectivity index (χ3v) is 8.37. The molecule has 5 rings (SSSR count). The molecule has 1 fully saturated rings. The molecule has 41 heavy (non-hydrogen) atoms. The van der Waals surface area contributed by atoms with Crippen LogP contribution in [0.15, 0.2) is 60.9 Å². The smallest absolute Gasteiger partial charge is 0.255 e. The van der Waals surface area contributed by atoms with Gasteiger partial charge in [-0.05, 0) is 42.2 Å². The summed E-state index contributed by atoms with van der Waals surface area (Å²) in [6.45, 7) is -0.155. The van der Waals surface area contributed by atoms with Crippen LogP contribution < -0.4 is 10.2 Å². The van der Waals surface area contributed by atoms with Gasteiger partial charge in [-0.15, -0.1) is 0 Å². The molecule has 0 bridgehead atoms. The average Bonchev–Trinajstić information content (AvgIpc) is 2.94. The Balaban J connectivity index is 1.55. The van der Waals surface area contributed by atoms with Crippen molar-refractivity contribution < 1.29 is 28.0 Å². The van der Waals surface area contributed by atoms with E-state index in [4.69, 9.17) is 16.4 Å². The van der Waals surface area contributed by atoms with Gasteiger partial charge < -0.3 is 10.0 Å². The minimum absolute atomic E-state index is 0.0986. The molecule has 0 radical (unpaired) electrons. The van der Waals surface area contributed by atoms with E-state index in [2.05, 4.69) is 20.2 Å². The number of benzene rings is 2. The van der Waals surface area contributed by atoms with Gasteiger partial charge >= 0.3 is 0 Å². The molecule has 1 aliphatic carbocycles. The lowest BCUT2D eigenvalue weighted by molar-refractivity contribution is -0.138. The molecule has 0 spiro atoms. The first-order valence-corrected chi connectivity index (χ1v) is 15.4. The zero-order chi connectivity index (χ0) is 29.1. The first kappa shape index (κ1) is 28.9. The molecular weight excluding hydrogens is 570 g/mol. The second-order valence-electron chi connectivity index (χ2n) is 10.2. The number of nitrogens with one attached hydrogen (secondary N) is 2. The van der Waals surface area contributed by atoms with Crippen LogP contribution in [0.1, 0.15) is 65.0 Å². The van der Waals surface area contributed by atoms with E-state index in [1.54, 1.807) is 53.4 Å². The highest BCUT2D eigenvalue weighted by molar-refractivity contribution is 7.88. The number of rotatable bonds is 8. The van der Waals surface area contributed by atoms with Crippen LogP contribution in [-0.2, 0) is 26.3 Å². The summed E-state index contributed by atoms with van der Waals surface area (Å²) in [5, 5.41) is 9.90. The van der Waals surface area contributed by atoms with Gasteiger partial charge in [-0.1, -0.05) is 54.8 Å². The van der Waals surface area contributed by atoms with Crippen LogP contribution in [0.4, 0.5) is 0 Å². The number of hydrogen-bond donors (Lipinski definition) is 3. The van der Waals surface area contributed by atoms with Crippen molar-refractivity contribution in [2.24, 2.45) is 0 Å². The van der Waals surface area contributed by atoms with Crippen LogP contribution in [0.2, 0.25) is 5.02 Å². The Morgan fingerprint density at radius 2 is 1.78 bits per heavy atom. The zero-order valence-corrected chi connectivity index (χ0v) is 23.8. The molecule has 2 amide bonds. The monoisotopic (exact) mass is 599 g/mol. The lowest BCUT2D eigenvalue weighted by atomic mass is 9.76. The Kier molecular flexibility index (Phi) is 8.55. The molecule has 11 nitrogen and oxygen atoms in total. The summed E-state index contributed by atoms with van der Waals surface area (Å²) in [5.41, 5.74) is 4.06. The number of carbonyl (C=O) groups excluding carboxylic acids is 2. The van der Waals surface area contributed by atoms with Crippen molar-refractivity contribution in [1.29, 1.82) is 0 Å². The van der Waals surface area contributed by atoms with Crippen molar-refractivity contribution in [2.75, 3.05) is 6.26 Å². The van der Waals surface area contributed by atoms with Gasteiger partial charge in [0.15, 0.2) is 11.6 Å². The molecular formula is C28H30ClN5O6S. The lowest BCUT2D eigenvalue weighted by Crippen LogP contribution is -2.59. The van der Waals surface area contributed by atoms with Crippen molar-refractivity contribution in [3.05, 3.63) is 88.5 Å². The fourth-order valence-corrected chi connectivity index (χ4v) is 6.68. The van der Waals surface area contributed by atoms with Crippen molar-refractivity contribution >= 4 is 33.4 Å². The maximum Gasteiger partial charge on any atom is 0.255 e. The molecule has 3 aromatic rings. The highest BCUT2D eigenvalue weighted by Crippen LogP contribution is 2.46. The Morgan fingerprint density at radius 1 is 1.10 bits per heavy atom. The van der Waals surface area contributed by atoms with Crippen LogP contribution in [-0.4, -0.2) is 58.5 Å². The number of aromatic nitrogens is 2. The van der Waals surface area contributed by atoms with Crippen molar-refractivity contribution in [1.82, 2.24) is 25.1 Å². The maximum atomic E-state index is 14.2. The Hall–Kier alpha value is -3.58. The van der Waals surface area contributed by atoms with Gasteiger partial charge in [-0.3, -0.25) is 14.4 Å². The minimum Gasteiger partial charge on any atom is -0.505 e. The molecule has 13 heteroatoms. The minimum atomic E-state index is -3.56.